The maximum atomic E-state index is 11.4. The number of carbonyl (C=O) groups excluding carboxylic acids is 1. The van der Waals surface area contributed by atoms with Crippen LogP contribution in [0.3, 0.4) is 0 Å². The number of allylic oxidation sites excluding steroid dienone is 5. The van der Waals surface area contributed by atoms with Crippen molar-refractivity contribution in [3.8, 4) is 0 Å². The van der Waals surface area contributed by atoms with Gasteiger partial charge < -0.3 is 4.90 Å². The van der Waals surface area contributed by atoms with Crippen molar-refractivity contribution in [2.45, 2.75) is 6.42 Å². The molecular weight excluding hydrogens is 246 g/mol. The number of halogens is 1. The molecule has 0 atom stereocenters. The Kier molecular flexibility index (Phi) is 2.60. The van der Waals surface area contributed by atoms with E-state index in [9.17, 15) is 4.79 Å². The van der Waals surface area contributed by atoms with Gasteiger partial charge in [0.1, 0.15) is 0 Å². The molecule has 90 valence electrons. The van der Waals surface area contributed by atoms with Gasteiger partial charge in [-0.3, -0.25) is 4.79 Å². The molecule has 1 aromatic carbocycles. The normalized spacial score (nSPS) is 17.8. The van der Waals surface area contributed by atoms with Crippen molar-refractivity contribution in [2.75, 3.05) is 11.9 Å². The molecule has 2 nitrogen and oxygen atoms in total. The van der Waals surface area contributed by atoms with Gasteiger partial charge in [-0.15, -0.1) is 0 Å². The molecule has 0 aromatic heterocycles. The van der Waals surface area contributed by atoms with Crippen LogP contribution in [0.15, 0.2) is 52.7 Å². The Labute approximate surface area is 111 Å². The van der Waals surface area contributed by atoms with Gasteiger partial charge in [-0.1, -0.05) is 29.8 Å². The molecule has 0 bridgehead atoms. The van der Waals surface area contributed by atoms with E-state index in [1.165, 1.54) is 0 Å². The van der Waals surface area contributed by atoms with Gasteiger partial charge in [-0.2, -0.15) is 0 Å². The van der Waals surface area contributed by atoms with Crippen LogP contribution in [0.5, 0.6) is 0 Å². The number of carbonyl (C=O) groups is 1. The number of hydrogen-bond acceptors (Lipinski definition) is 2. The fourth-order valence-electron chi connectivity index (χ4n) is 2.56. The van der Waals surface area contributed by atoms with Crippen molar-refractivity contribution < 1.29 is 4.79 Å². The molecule has 0 spiro atoms. The molecule has 1 aromatic rings. The number of anilines is 1. The van der Waals surface area contributed by atoms with E-state index in [1.807, 2.05) is 43.5 Å². The minimum Gasteiger partial charge on any atom is -0.344 e. The van der Waals surface area contributed by atoms with Crippen LogP contribution < -0.4 is 4.90 Å². The third-order valence-electron chi connectivity index (χ3n) is 3.44. The number of fused-ring (bicyclic) bond motifs is 2. The summed E-state index contributed by atoms with van der Waals surface area (Å²) in [7, 11) is 2.01. The van der Waals surface area contributed by atoms with E-state index >= 15 is 0 Å². The Morgan fingerprint density at radius 1 is 1.28 bits per heavy atom. The van der Waals surface area contributed by atoms with Crippen LogP contribution in [0, 0.1) is 0 Å². The number of hydrogen-bond donors (Lipinski definition) is 0. The summed E-state index contributed by atoms with van der Waals surface area (Å²) in [5.41, 5.74) is 4.86. The van der Waals surface area contributed by atoms with E-state index < -0.39 is 0 Å². The quantitative estimate of drug-likeness (QED) is 0.718. The fourth-order valence-corrected chi connectivity index (χ4v) is 2.75. The predicted molar refractivity (Wildman–Crippen MR) is 74.5 cm³/mol. The largest absolute Gasteiger partial charge is 0.344 e. The zero-order chi connectivity index (χ0) is 12.7. The summed E-state index contributed by atoms with van der Waals surface area (Å²) in [4.78, 5) is 13.5. The molecule has 0 amide bonds. The Hall–Kier alpha value is -1.80. The lowest BCUT2D eigenvalue weighted by Crippen LogP contribution is -2.25. The second-order valence-corrected chi connectivity index (χ2v) is 4.91. The van der Waals surface area contributed by atoms with Gasteiger partial charge >= 0.3 is 0 Å². The molecule has 0 N–H and O–H groups in total. The van der Waals surface area contributed by atoms with Gasteiger partial charge in [0.05, 0.1) is 0 Å². The van der Waals surface area contributed by atoms with Gasteiger partial charge in [0.2, 0.25) is 0 Å². The summed E-state index contributed by atoms with van der Waals surface area (Å²) >= 11 is 6.08. The molecular formula is C15H12ClNO. The lowest BCUT2D eigenvalue weighted by Gasteiger charge is -2.34. The number of rotatable bonds is 1. The molecule has 0 saturated heterocycles. The number of likely N-dealkylation sites (N-methyl/N-ethyl adjacent to an activating group) is 1. The summed E-state index contributed by atoms with van der Waals surface area (Å²) in [5.74, 6) is 0. The van der Waals surface area contributed by atoms with E-state index in [1.54, 1.807) is 0 Å². The first kappa shape index (κ1) is 11.3. The number of benzene rings is 1. The molecule has 0 unspecified atom stereocenters. The van der Waals surface area contributed by atoms with E-state index in [0.29, 0.717) is 6.42 Å². The Balaban J connectivity index is 2.30. The summed E-state index contributed by atoms with van der Waals surface area (Å²) < 4.78 is 0. The molecule has 3 rings (SSSR count). The zero-order valence-electron chi connectivity index (χ0n) is 9.98. The van der Waals surface area contributed by atoms with E-state index in [-0.39, 0.29) is 0 Å². The van der Waals surface area contributed by atoms with Gasteiger partial charge in [-0.05, 0) is 23.8 Å². The van der Waals surface area contributed by atoms with Gasteiger partial charge in [0, 0.05) is 41.0 Å². The Morgan fingerprint density at radius 2 is 2.06 bits per heavy atom. The van der Waals surface area contributed by atoms with Gasteiger partial charge in [-0.25, -0.2) is 0 Å². The number of nitrogens with zero attached hydrogens (tertiary/aromatic N) is 1. The van der Waals surface area contributed by atoms with Crippen molar-refractivity contribution in [2.24, 2.45) is 0 Å². The van der Waals surface area contributed by atoms with E-state index in [4.69, 9.17) is 11.6 Å². The molecule has 18 heavy (non-hydrogen) atoms. The number of para-hydroxylation sites is 1. The first-order valence-electron chi connectivity index (χ1n) is 5.80. The van der Waals surface area contributed by atoms with Crippen molar-refractivity contribution in [3.05, 3.63) is 58.3 Å². The monoisotopic (exact) mass is 257 g/mol. The molecule has 2 aliphatic rings. The second kappa shape index (κ2) is 4.14. The third kappa shape index (κ3) is 1.53. The Bertz CT molecular complexity index is 625. The average molecular weight is 258 g/mol. The van der Waals surface area contributed by atoms with Crippen LogP contribution >= 0.6 is 11.6 Å². The number of aldehydes is 1. The molecule has 0 radical (unpaired) electrons. The molecule has 0 saturated carbocycles. The molecule has 1 aliphatic carbocycles. The van der Waals surface area contributed by atoms with Crippen LogP contribution in [0.25, 0.3) is 5.57 Å². The summed E-state index contributed by atoms with van der Waals surface area (Å²) in [5, 5.41) is 0.765. The van der Waals surface area contributed by atoms with Crippen LogP contribution in [0.4, 0.5) is 5.69 Å². The molecule has 1 aliphatic heterocycles. The van der Waals surface area contributed by atoms with Crippen LogP contribution in [-0.4, -0.2) is 13.3 Å². The van der Waals surface area contributed by atoms with Crippen LogP contribution in [0.1, 0.15) is 12.0 Å². The van der Waals surface area contributed by atoms with Crippen molar-refractivity contribution in [1.82, 2.24) is 0 Å². The maximum absolute atomic E-state index is 11.4. The third-order valence-corrected chi connectivity index (χ3v) is 3.70. The topological polar surface area (TPSA) is 20.3 Å². The van der Waals surface area contributed by atoms with Crippen molar-refractivity contribution in [1.29, 1.82) is 0 Å². The SMILES string of the molecule is CN1C2=CC=C(Cl)CC2=C(C=O)c2ccccc21. The van der Waals surface area contributed by atoms with Gasteiger partial charge in [0.15, 0.2) is 6.29 Å². The lowest BCUT2D eigenvalue weighted by atomic mass is 9.88. The lowest BCUT2D eigenvalue weighted by molar-refractivity contribution is -0.103. The van der Waals surface area contributed by atoms with Crippen molar-refractivity contribution in [3.63, 3.8) is 0 Å². The van der Waals surface area contributed by atoms with E-state index in [0.717, 1.165) is 39.4 Å². The Morgan fingerprint density at radius 3 is 2.83 bits per heavy atom. The van der Waals surface area contributed by atoms with Crippen molar-refractivity contribution >= 4 is 29.1 Å². The minimum absolute atomic E-state index is 0.625. The minimum atomic E-state index is 0.625. The average Bonchev–Trinajstić information content (AvgIpc) is 2.39. The zero-order valence-corrected chi connectivity index (χ0v) is 10.7. The highest BCUT2D eigenvalue weighted by Crippen LogP contribution is 2.42. The first-order valence-corrected chi connectivity index (χ1v) is 6.18. The van der Waals surface area contributed by atoms with Crippen LogP contribution in [-0.2, 0) is 4.79 Å². The van der Waals surface area contributed by atoms with Gasteiger partial charge in [0.25, 0.3) is 0 Å². The predicted octanol–water partition coefficient (Wildman–Crippen LogP) is 3.50. The highest BCUT2D eigenvalue weighted by molar-refractivity contribution is 6.30. The molecule has 0 fully saturated rings. The second-order valence-electron chi connectivity index (χ2n) is 4.43. The first-order chi connectivity index (χ1) is 8.72. The maximum Gasteiger partial charge on any atom is 0.151 e. The summed E-state index contributed by atoms with van der Waals surface area (Å²) in [6, 6.07) is 7.93. The smallest absolute Gasteiger partial charge is 0.151 e. The van der Waals surface area contributed by atoms with Crippen LogP contribution in [0.2, 0.25) is 0 Å². The summed E-state index contributed by atoms with van der Waals surface area (Å²) in [6.07, 6.45) is 5.43. The highest BCUT2D eigenvalue weighted by atomic mass is 35.5. The fraction of sp³-hybridized carbons (Fsp3) is 0.133. The standard InChI is InChI=1S/C15H12ClNO/c1-17-14-5-3-2-4-11(14)13(9-18)12-8-10(16)6-7-15(12)17/h2-7,9H,8H2,1H3. The highest BCUT2D eigenvalue weighted by Gasteiger charge is 2.27. The van der Waals surface area contributed by atoms with E-state index in [2.05, 4.69) is 4.90 Å². The molecule has 1 heterocycles. The summed E-state index contributed by atoms with van der Waals surface area (Å²) in [6.45, 7) is 0. The molecule has 3 heteroatoms.